The van der Waals surface area contributed by atoms with Gasteiger partial charge in [-0.25, -0.2) is 4.79 Å². The zero-order valence-corrected chi connectivity index (χ0v) is 15.5. The van der Waals surface area contributed by atoms with E-state index in [0.29, 0.717) is 5.56 Å². The normalized spacial score (nSPS) is 11.8. The highest BCUT2D eigenvalue weighted by molar-refractivity contribution is 9.11. The SMILES string of the molecule is Cc1ccc(C[C@H](NC(=O)c2cc(Br)cc(Br)c2)C(=O)O)cc1. The van der Waals surface area contributed by atoms with Crippen molar-refractivity contribution in [1.29, 1.82) is 0 Å². The van der Waals surface area contributed by atoms with Gasteiger partial charge in [-0.3, -0.25) is 4.79 Å². The van der Waals surface area contributed by atoms with E-state index in [2.05, 4.69) is 37.2 Å². The van der Waals surface area contributed by atoms with Gasteiger partial charge in [-0.15, -0.1) is 0 Å². The van der Waals surface area contributed by atoms with Gasteiger partial charge in [0.15, 0.2) is 0 Å². The zero-order valence-electron chi connectivity index (χ0n) is 12.3. The molecule has 0 aromatic heterocycles. The van der Waals surface area contributed by atoms with Crippen LogP contribution in [0.5, 0.6) is 0 Å². The molecular formula is C17H15Br2NO3. The number of hydrogen-bond donors (Lipinski definition) is 2. The van der Waals surface area contributed by atoms with Crippen molar-refractivity contribution in [2.45, 2.75) is 19.4 Å². The Morgan fingerprint density at radius 1 is 1.09 bits per heavy atom. The molecule has 0 aliphatic heterocycles. The van der Waals surface area contributed by atoms with Gasteiger partial charge in [0.2, 0.25) is 0 Å². The van der Waals surface area contributed by atoms with Gasteiger partial charge >= 0.3 is 5.97 Å². The van der Waals surface area contributed by atoms with Gasteiger partial charge in [-0.05, 0) is 30.7 Å². The maximum absolute atomic E-state index is 12.3. The molecule has 1 atom stereocenters. The van der Waals surface area contributed by atoms with Gasteiger partial charge in [0.05, 0.1) is 0 Å². The summed E-state index contributed by atoms with van der Waals surface area (Å²) in [7, 11) is 0. The fourth-order valence-electron chi connectivity index (χ4n) is 2.09. The van der Waals surface area contributed by atoms with Crippen LogP contribution in [0.3, 0.4) is 0 Å². The maximum atomic E-state index is 12.3. The first-order valence-electron chi connectivity index (χ1n) is 6.90. The molecule has 0 radical (unpaired) electrons. The first kappa shape index (κ1) is 17.7. The van der Waals surface area contributed by atoms with Crippen LogP contribution >= 0.6 is 31.9 Å². The fourth-order valence-corrected chi connectivity index (χ4v) is 3.38. The van der Waals surface area contributed by atoms with E-state index in [0.717, 1.165) is 20.1 Å². The maximum Gasteiger partial charge on any atom is 0.326 e. The molecule has 4 nitrogen and oxygen atoms in total. The van der Waals surface area contributed by atoms with Crippen molar-refractivity contribution in [2.75, 3.05) is 0 Å². The number of hydrogen-bond acceptors (Lipinski definition) is 2. The highest BCUT2D eigenvalue weighted by Crippen LogP contribution is 2.20. The van der Waals surface area contributed by atoms with Crippen LogP contribution in [0.2, 0.25) is 0 Å². The van der Waals surface area contributed by atoms with Crippen molar-refractivity contribution in [1.82, 2.24) is 5.32 Å². The molecule has 6 heteroatoms. The highest BCUT2D eigenvalue weighted by atomic mass is 79.9. The van der Waals surface area contributed by atoms with Gasteiger partial charge < -0.3 is 10.4 Å². The number of nitrogens with one attached hydrogen (secondary N) is 1. The first-order chi connectivity index (χ1) is 10.8. The molecule has 0 aliphatic rings. The van der Waals surface area contributed by atoms with Crippen LogP contribution < -0.4 is 5.32 Å². The largest absolute Gasteiger partial charge is 0.480 e. The average Bonchev–Trinajstić information content (AvgIpc) is 2.47. The zero-order chi connectivity index (χ0) is 17.0. The summed E-state index contributed by atoms with van der Waals surface area (Å²) in [4.78, 5) is 23.7. The summed E-state index contributed by atoms with van der Waals surface area (Å²) in [5.74, 6) is -1.49. The number of carboxylic acid groups (broad SMARTS) is 1. The lowest BCUT2D eigenvalue weighted by Crippen LogP contribution is -2.42. The number of carbonyl (C=O) groups is 2. The highest BCUT2D eigenvalue weighted by Gasteiger charge is 2.21. The number of aryl methyl sites for hydroxylation is 1. The number of halogens is 2. The second kappa shape index (κ2) is 7.75. The summed E-state index contributed by atoms with van der Waals surface area (Å²) >= 11 is 6.62. The van der Waals surface area contributed by atoms with Crippen LogP contribution in [-0.4, -0.2) is 23.0 Å². The van der Waals surface area contributed by atoms with E-state index in [4.69, 9.17) is 0 Å². The van der Waals surface area contributed by atoms with E-state index in [1.807, 2.05) is 31.2 Å². The minimum atomic E-state index is -1.06. The van der Waals surface area contributed by atoms with Gasteiger partial charge in [-0.1, -0.05) is 61.7 Å². The second-order valence-electron chi connectivity index (χ2n) is 5.21. The lowest BCUT2D eigenvalue weighted by molar-refractivity contribution is -0.139. The third-order valence-corrected chi connectivity index (χ3v) is 4.20. The molecule has 120 valence electrons. The fraction of sp³-hybridized carbons (Fsp3) is 0.176. The standard InChI is InChI=1S/C17H15Br2NO3/c1-10-2-4-11(5-3-10)6-15(17(22)23)20-16(21)12-7-13(18)9-14(19)8-12/h2-5,7-9,15H,6H2,1H3,(H,20,21)(H,22,23)/t15-/m0/s1. The molecule has 0 saturated heterocycles. The molecule has 0 aliphatic carbocycles. The van der Waals surface area contributed by atoms with Crippen LogP contribution in [0.1, 0.15) is 21.5 Å². The average molecular weight is 441 g/mol. The lowest BCUT2D eigenvalue weighted by atomic mass is 10.0. The predicted molar refractivity (Wildman–Crippen MR) is 95.6 cm³/mol. The van der Waals surface area contributed by atoms with Crippen molar-refractivity contribution in [3.8, 4) is 0 Å². The van der Waals surface area contributed by atoms with E-state index >= 15 is 0 Å². The number of carboxylic acids is 1. The number of benzene rings is 2. The molecule has 2 aromatic carbocycles. The Kier molecular flexibility index (Phi) is 5.96. The molecule has 0 spiro atoms. The Labute approximate surface area is 151 Å². The van der Waals surface area contributed by atoms with Crippen LogP contribution in [0.15, 0.2) is 51.4 Å². The van der Waals surface area contributed by atoms with Crippen molar-refractivity contribution >= 4 is 43.7 Å². The summed E-state index contributed by atoms with van der Waals surface area (Å²) in [5.41, 5.74) is 2.35. The summed E-state index contributed by atoms with van der Waals surface area (Å²) in [6.07, 6.45) is 0.233. The molecule has 2 N–H and O–H groups in total. The van der Waals surface area contributed by atoms with Crippen LogP contribution in [0.25, 0.3) is 0 Å². The first-order valence-corrected chi connectivity index (χ1v) is 8.49. The quantitative estimate of drug-likeness (QED) is 0.739. The van der Waals surface area contributed by atoms with E-state index in [9.17, 15) is 14.7 Å². The third kappa shape index (κ3) is 5.18. The van der Waals surface area contributed by atoms with Crippen molar-refractivity contribution < 1.29 is 14.7 Å². The van der Waals surface area contributed by atoms with E-state index in [1.165, 1.54) is 0 Å². The Morgan fingerprint density at radius 3 is 2.17 bits per heavy atom. The molecule has 0 unspecified atom stereocenters. The van der Waals surface area contributed by atoms with Gasteiger partial charge in [0.25, 0.3) is 5.91 Å². The van der Waals surface area contributed by atoms with Crippen LogP contribution in [0, 0.1) is 6.92 Å². The predicted octanol–water partition coefficient (Wildman–Crippen LogP) is 3.95. The Hall–Kier alpha value is -1.66. The van der Waals surface area contributed by atoms with E-state index in [-0.39, 0.29) is 6.42 Å². The monoisotopic (exact) mass is 439 g/mol. The van der Waals surface area contributed by atoms with Crippen LogP contribution in [0.4, 0.5) is 0 Å². The molecule has 1 amide bonds. The van der Waals surface area contributed by atoms with E-state index in [1.54, 1.807) is 18.2 Å². The molecule has 2 aromatic rings. The minimum absolute atomic E-state index is 0.233. The molecule has 2 rings (SSSR count). The van der Waals surface area contributed by atoms with E-state index < -0.39 is 17.9 Å². The molecular weight excluding hydrogens is 426 g/mol. The van der Waals surface area contributed by atoms with Gasteiger partial charge in [-0.2, -0.15) is 0 Å². The number of carbonyl (C=O) groups excluding carboxylic acids is 1. The summed E-state index contributed by atoms with van der Waals surface area (Å²) in [6.45, 7) is 1.96. The number of aliphatic carboxylic acids is 1. The Balaban J connectivity index is 2.14. The molecule has 0 bridgehead atoms. The van der Waals surface area contributed by atoms with Gasteiger partial charge in [0.1, 0.15) is 6.04 Å². The Bertz CT molecular complexity index is 709. The molecule has 0 fully saturated rings. The number of amides is 1. The summed E-state index contributed by atoms with van der Waals surface area (Å²) in [5, 5.41) is 11.9. The lowest BCUT2D eigenvalue weighted by Gasteiger charge is -2.15. The van der Waals surface area contributed by atoms with Crippen molar-refractivity contribution in [3.63, 3.8) is 0 Å². The summed E-state index contributed by atoms with van der Waals surface area (Å²) in [6, 6.07) is 11.7. The molecule has 0 saturated carbocycles. The summed E-state index contributed by atoms with van der Waals surface area (Å²) < 4.78 is 1.48. The van der Waals surface area contributed by atoms with Crippen molar-refractivity contribution in [3.05, 3.63) is 68.1 Å². The molecule has 0 heterocycles. The Morgan fingerprint density at radius 2 is 1.65 bits per heavy atom. The topological polar surface area (TPSA) is 66.4 Å². The van der Waals surface area contributed by atoms with Gasteiger partial charge in [0, 0.05) is 20.9 Å². The van der Waals surface area contributed by atoms with Crippen LogP contribution in [-0.2, 0) is 11.2 Å². The smallest absolute Gasteiger partial charge is 0.326 e. The molecule has 23 heavy (non-hydrogen) atoms. The third-order valence-electron chi connectivity index (χ3n) is 3.29. The van der Waals surface area contributed by atoms with Crippen molar-refractivity contribution in [2.24, 2.45) is 0 Å². The minimum Gasteiger partial charge on any atom is -0.480 e. The second-order valence-corrected chi connectivity index (χ2v) is 7.04. The number of rotatable bonds is 5.